The molecular formula is C54H51N4P. The molecule has 2 heterocycles. The minimum absolute atomic E-state index is 0.384. The summed E-state index contributed by atoms with van der Waals surface area (Å²) in [4.78, 5) is 9.61. The van der Waals surface area contributed by atoms with Crippen LogP contribution < -0.4 is 0 Å². The predicted molar refractivity (Wildman–Crippen MR) is 249 cm³/mol. The molecule has 59 heavy (non-hydrogen) atoms. The molecule has 4 nitrogen and oxygen atoms in total. The van der Waals surface area contributed by atoms with Crippen LogP contribution in [0.2, 0.25) is 0 Å². The van der Waals surface area contributed by atoms with Crippen molar-refractivity contribution in [3.8, 4) is 69.4 Å². The van der Waals surface area contributed by atoms with E-state index in [0.29, 0.717) is 23.7 Å². The first-order valence-electron chi connectivity index (χ1n) is 20.5. The fourth-order valence-electron chi connectivity index (χ4n) is 7.60. The molecule has 0 aliphatic heterocycles. The van der Waals surface area contributed by atoms with Gasteiger partial charge in [0.2, 0.25) is 0 Å². The number of rotatable bonds is 8. The number of nitrogens with zero attached hydrogens (tertiary/aromatic N) is 4. The Labute approximate surface area is 353 Å². The molecular weight excluding hydrogens is 736 g/mol. The van der Waals surface area contributed by atoms with Gasteiger partial charge in [0.25, 0.3) is 0 Å². The molecule has 0 aliphatic rings. The van der Waals surface area contributed by atoms with E-state index in [4.69, 9.17) is 9.97 Å². The maximum atomic E-state index is 4.81. The molecule has 1 unspecified atom stereocenters. The molecule has 7 rings (SSSR count). The van der Waals surface area contributed by atoms with E-state index in [2.05, 4.69) is 206 Å². The van der Waals surface area contributed by atoms with Crippen molar-refractivity contribution in [1.29, 1.82) is 0 Å². The summed E-state index contributed by atoms with van der Waals surface area (Å²) >= 11 is 0. The summed E-state index contributed by atoms with van der Waals surface area (Å²) in [7, 11) is 2.48. The van der Waals surface area contributed by atoms with Gasteiger partial charge in [0, 0.05) is 63.7 Å². The van der Waals surface area contributed by atoms with Gasteiger partial charge in [-0.1, -0.05) is 161 Å². The third-order valence-electron chi connectivity index (χ3n) is 10.6. The van der Waals surface area contributed by atoms with Crippen molar-refractivity contribution in [3.05, 3.63) is 178 Å². The van der Waals surface area contributed by atoms with Crippen molar-refractivity contribution in [2.24, 2.45) is 0 Å². The van der Waals surface area contributed by atoms with Crippen molar-refractivity contribution in [3.63, 3.8) is 0 Å². The summed E-state index contributed by atoms with van der Waals surface area (Å²) in [6.45, 7) is 18.0. The van der Waals surface area contributed by atoms with Gasteiger partial charge in [-0.25, -0.2) is 9.97 Å². The fourth-order valence-corrected chi connectivity index (χ4v) is 7.76. The van der Waals surface area contributed by atoms with Crippen LogP contribution in [0.15, 0.2) is 128 Å². The Hall–Kier alpha value is -6.37. The molecule has 5 heteroatoms. The molecule has 5 aromatic carbocycles. The zero-order valence-corrected chi connectivity index (χ0v) is 36.5. The highest BCUT2D eigenvalue weighted by Gasteiger charge is 2.20. The molecule has 292 valence electrons. The molecule has 0 saturated carbocycles. The van der Waals surface area contributed by atoms with Gasteiger partial charge in [-0.3, -0.25) is 9.13 Å². The van der Waals surface area contributed by atoms with Crippen LogP contribution in [0.4, 0.5) is 0 Å². The van der Waals surface area contributed by atoms with Crippen molar-refractivity contribution in [2.45, 2.75) is 79.1 Å². The van der Waals surface area contributed by atoms with Gasteiger partial charge >= 0.3 is 0 Å². The van der Waals surface area contributed by atoms with E-state index in [1.807, 2.05) is 30.6 Å². The number of benzene rings is 5. The molecule has 0 fully saturated rings. The monoisotopic (exact) mass is 786 g/mol. The third-order valence-corrected chi connectivity index (χ3v) is 10.7. The highest BCUT2D eigenvalue weighted by atomic mass is 31.0. The van der Waals surface area contributed by atoms with E-state index in [1.165, 1.54) is 33.6 Å². The fraction of sp³-hybridized carbons (Fsp3) is 0.222. The number of hydrogen-bond donors (Lipinski definition) is 0. The molecule has 1 atom stereocenters. The smallest absolute Gasteiger partial charge is 0.144 e. The Morgan fingerprint density at radius 3 is 1.07 bits per heavy atom. The van der Waals surface area contributed by atoms with E-state index in [-0.39, 0.29) is 0 Å². The Morgan fingerprint density at radius 1 is 0.424 bits per heavy atom. The second-order valence-electron chi connectivity index (χ2n) is 16.2. The van der Waals surface area contributed by atoms with Gasteiger partial charge < -0.3 is 0 Å². The molecule has 0 spiro atoms. The molecule has 0 amide bonds. The summed E-state index contributed by atoms with van der Waals surface area (Å²) in [5.74, 6) is 20.0. The molecule has 7 aromatic rings. The minimum Gasteiger partial charge on any atom is -0.299 e. The van der Waals surface area contributed by atoms with Crippen LogP contribution in [0.25, 0.3) is 34.2 Å². The molecule has 0 bridgehead atoms. The molecule has 2 aromatic heterocycles. The first-order chi connectivity index (χ1) is 28.5. The number of para-hydroxylation sites is 2. The lowest BCUT2D eigenvalue weighted by Gasteiger charge is -2.21. The summed E-state index contributed by atoms with van der Waals surface area (Å²) < 4.78 is 4.49. The third kappa shape index (κ3) is 9.04. The first-order valence-corrected chi connectivity index (χ1v) is 21.0. The zero-order chi connectivity index (χ0) is 41.6. The summed E-state index contributed by atoms with van der Waals surface area (Å²) in [5.41, 5.74) is 17.2. The van der Waals surface area contributed by atoms with Crippen LogP contribution in [0.5, 0.6) is 0 Å². The Morgan fingerprint density at radius 2 is 0.746 bits per heavy atom. The van der Waals surface area contributed by atoms with E-state index >= 15 is 0 Å². The van der Waals surface area contributed by atoms with Crippen molar-refractivity contribution < 1.29 is 0 Å². The SMILES string of the molecule is CC(C)c1cccc(C(C)C)c1-n1ccnc1-c1ccc(C#Cc2cc(C#CP)cc(C#Cc3ccc(-c4nccn4-c4c(C(C)C)cccc4C(C)C)cc3)c2)cc1. The van der Waals surface area contributed by atoms with Gasteiger partial charge in [0.05, 0.1) is 11.4 Å². The quantitative estimate of drug-likeness (QED) is 0.114. The predicted octanol–water partition coefficient (Wildman–Crippen LogP) is 12.9. The van der Waals surface area contributed by atoms with Gasteiger partial charge in [-0.15, -0.1) is 0 Å². The van der Waals surface area contributed by atoms with Crippen molar-refractivity contribution in [1.82, 2.24) is 19.1 Å². The van der Waals surface area contributed by atoms with Crippen LogP contribution in [0.1, 0.15) is 129 Å². The molecule has 0 radical (unpaired) electrons. The summed E-state index contributed by atoms with van der Waals surface area (Å²) in [6, 6.07) is 36.0. The van der Waals surface area contributed by atoms with Crippen LogP contribution in [0.3, 0.4) is 0 Å². The second-order valence-corrected chi connectivity index (χ2v) is 16.4. The van der Waals surface area contributed by atoms with Crippen molar-refractivity contribution in [2.75, 3.05) is 0 Å². The lowest BCUT2D eigenvalue weighted by molar-refractivity contribution is 0.806. The largest absolute Gasteiger partial charge is 0.299 e. The van der Waals surface area contributed by atoms with Crippen LogP contribution >= 0.6 is 9.24 Å². The van der Waals surface area contributed by atoms with Gasteiger partial charge in [0.15, 0.2) is 0 Å². The topological polar surface area (TPSA) is 35.6 Å². The number of hydrogen-bond acceptors (Lipinski definition) is 2. The van der Waals surface area contributed by atoms with Gasteiger partial charge in [0.1, 0.15) is 11.6 Å². The van der Waals surface area contributed by atoms with Gasteiger partial charge in [-0.2, -0.15) is 0 Å². The molecule has 0 saturated heterocycles. The normalized spacial score (nSPS) is 11.0. The van der Waals surface area contributed by atoms with E-state index in [1.54, 1.807) is 0 Å². The Bertz CT molecular complexity index is 2560. The summed E-state index contributed by atoms with van der Waals surface area (Å²) in [6.07, 6.45) is 7.92. The second kappa shape index (κ2) is 18.0. The number of imidazole rings is 2. The molecule has 0 aliphatic carbocycles. The van der Waals surface area contributed by atoms with E-state index < -0.39 is 0 Å². The zero-order valence-electron chi connectivity index (χ0n) is 35.3. The average molecular weight is 787 g/mol. The lowest BCUT2D eigenvalue weighted by Crippen LogP contribution is -2.07. The van der Waals surface area contributed by atoms with Crippen LogP contribution in [0, 0.1) is 35.3 Å². The highest BCUT2D eigenvalue weighted by molar-refractivity contribution is 7.23. The van der Waals surface area contributed by atoms with Crippen molar-refractivity contribution >= 4 is 9.24 Å². The highest BCUT2D eigenvalue weighted by Crippen LogP contribution is 2.35. The Kier molecular flexibility index (Phi) is 12.5. The standard InChI is InChI=1S/C54H51N4P/c1-36(2)47-11-9-12-48(37(3)4)51(47)57-30-28-55-53(57)45-23-19-40(20-24-45)15-17-42-33-43(35-44(34-42)27-32-59)18-16-41-21-25-46(26-22-41)54-56-29-31-58(54)52-49(38(5)6)13-10-14-50(52)39(7)8/h9-14,19-26,28-31,33-39H,59H2,1-8H3. The minimum atomic E-state index is 0.384. The lowest BCUT2D eigenvalue weighted by atomic mass is 9.92. The van der Waals surface area contributed by atoms with Gasteiger partial charge in [-0.05, 0) is 88.4 Å². The number of aromatic nitrogens is 4. The Balaban J connectivity index is 1.13. The maximum Gasteiger partial charge on any atom is 0.144 e. The van der Waals surface area contributed by atoms with E-state index in [0.717, 1.165) is 50.6 Å². The first kappa shape index (κ1) is 40.8. The molecule has 0 N–H and O–H groups in total. The van der Waals surface area contributed by atoms with Crippen LogP contribution in [-0.2, 0) is 0 Å². The van der Waals surface area contributed by atoms with Crippen LogP contribution in [-0.4, -0.2) is 19.1 Å². The maximum absolute atomic E-state index is 4.81. The average Bonchev–Trinajstić information content (AvgIpc) is 3.93. The van der Waals surface area contributed by atoms with E-state index in [9.17, 15) is 0 Å². The summed E-state index contributed by atoms with van der Waals surface area (Å²) in [5, 5.41) is 0.